The Morgan fingerprint density at radius 2 is 2.39 bits per heavy atom. The molecule has 0 bridgehead atoms. The molecule has 0 aromatic carbocycles. The first-order chi connectivity index (χ1) is 8.83. The van der Waals surface area contributed by atoms with Crippen molar-refractivity contribution in [3.63, 3.8) is 0 Å². The van der Waals surface area contributed by atoms with Crippen molar-refractivity contribution in [2.24, 2.45) is 0 Å². The molecule has 1 fully saturated rings. The molecular weight excluding hydrogens is 230 g/mol. The second-order valence-corrected chi connectivity index (χ2v) is 4.99. The zero-order valence-corrected chi connectivity index (χ0v) is 11.1. The lowest BCUT2D eigenvalue weighted by atomic mass is 10.1. The molecule has 0 saturated carbocycles. The molecule has 1 unspecified atom stereocenters. The average Bonchev–Trinajstić information content (AvgIpc) is 2.98. The highest BCUT2D eigenvalue weighted by atomic mass is 16.5. The van der Waals surface area contributed by atoms with Gasteiger partial charge in [0, 0.05) is 19.1 Å². The largest absolute Gasteiger partial charge is 0.396 e. The van der Waals surface area contributed by atoms with E-state index in [-0.39, 0.29) is 6.61 Å². The van der Waals surface area contributed by atoms with E-state index in [4.69, 9.17) is 9.63 Å². The van der Waals surface area contributed by atoms with E-state index in [1.807, 2.05) is 0 Å². The number of aryl methyl sites for hydroxylation is 1. The Morgan fingerprint density at radius 1 is 1.50 bits per heavy atom. The number of aromatic nitrogens is 2. The van der Waals surface area contributed by atoms with Gasteiger partial charge in [-0.25, -0.2) is 0 Å². The van der Waals surface area contributed by atoms with Gasteiger partial charge in [-0.1, -0.05) is 12.1 Å². The van der Waals surface area contributed by atoms with Gasteiger partial charge < -0.3 is 9.63 Å². The molecule has 0 aliphatic carbocycles. The van der Waals surface area contributed by atoms with Gasteiger partial charge in [-0.2, -0.15) is 4.98 Å². The molecule has 2 heterocycles. The first-order valence-electron chi connectivity index (χ1n) is 7.00. The Labute approximate surface area is 108 Å². The first kappa shape index (κ1) is 13.5. The van der Waals surface area contributed by atoms with Crippen LogP contribution in [0.1, 0.15) is 50.7 Å². The molecule has 5 heteroatoms. The summed E-state index contributed by atoms with van der Waals surface area (Å²) in [6.45, 7) is 4.25. The summed E-state index contributed by atoms with van der Waals surface area (Å²) in [5, 5.41) is 12.9. The second-order valence-electron chi connectivity index (χ2n) is 4.99. The Hall–Kier alpha value is -0.940. The molecule has 0 amide bonds. The summed E-state index contributed by atoms with van der Waals surface area (Å²) in [5.41, 5.74) is 0. The van der Waals surface area contributed by atoms with Gasteiger partial charge in [0.05, 0.1) is 6.54 Å². The Kier molecular flexibility index (Phi) is 5.13. The highest BCUT2D eigenvalue weighted by Crippen LogP contribution is 2.23. The van der Waals surface area contributed by atoms with Crippen molar-refractivity contribution in [1.82, 2.24) is 15.0 Å². The topological polar surface area (TPSA) is 62.4 Å². The van der Waals surface area contributed by atoms with Crippen LogP contribution in [0.3, 0.4) is 0 Å². The number of nitrogens with zero attached hydrogens (tertiary/aromatic N) is 3. The number of aliphatic hydroxyl groups excluding tert-OH is 1. The van der Waals surface area contributed by atoms with E-state index in [1.165, 1.54) is 12.8 Å². The second kappa shape index (κ2) is 6.85. The van der Waals surface area contributed by atoms with Gasteiger partial charge in [0.1, 0.15) is 0 Å². The quantitative estimate of drug-likeness (QED) is 0.802. The fourth-order valence-electron chi connectivity index (χ4n) is 2.61. The maximum Gasteiger partial charge on any atom is 0.240 e. The van der Waals surface area contributed by atoms with Crippen molar-refractivity contribution < 1.29 is 9.63 Å². The molecule has 1 atom stereocenters. The van der Waals surface area contributed by atoms with Crippen LogP contribution in [-0.2, 0) is 13.0 Å². The van der Waals surface area contributed by atoms with Crippen LogP contribution in [0, 0.1) is 0 Å². The van der Waals surface area contributed by atoms with Gasteiger partial charge >= 0.3 is 0 Å². The number of aliphatic hydroxyl groups is 1. The molecule has 102 valence electrons. The predicted molar refractivity (Wildman–Crippen MR) is 68.0 cm³/mol. The van der Waals surface area contributed by atoms with Crippen LogP contribution in [0.25, 0.3) is 0 Å². The lowest BCUT2D eigenvalue weighted by Crippen LogP contribution is -2.29. The molecule has 1 aliphatic rings. The molecule has 0 radical (unpaired) electrons. The van der Waals surface area contributed by atoms with E-state index in [9.17, 15) is 0 Å². The molecular formula is C13H23N3O2. The van der Waals surface area contributed by atoms with E-state index in [1.54, 1.807) is 0 Å². The number of hydrogen-bond acceptors (Lipinski definition) is 5. The van der Waals surface area contributed by atoms with Gasteiger partial charge in [0.2, 0.25) is 5.89 Å². The van der Waals surface area contributed by atoms with E-state index in [2.05, 4.69) is 22.0 Å². The van der Waals surface area contributed by atoms with Gasteiger partial charge in [0.15, 0.2) is 5.82 Å². The van der Waals surface area contributed by atoms with E-state index in [0.717, 1.165) is 50.5 Å². The summed E-state index contributed by atoms with van der Waals surface area (Å²) in [6, 6.07) is 0.568. The smallest absolute Gasteiger partial charge is 0.240 e. The van der Waals surface area contributed by atoms with Crippen LogP contribution >= 0.6 is 0 Å². The fourth-order valence-corrected chi connectivity index (χ4v) is 2.61. The van der Waals surface area contributed by atoms with E-state index < -0.39 is 0 Å². The third-order valence-electron chi connectivity index (χ3n) is 3.52. The summed E-state index contributed by atoms with van der Waals surface area (Å²) in [7, 11) is 0. The fraction of sp³-hybridized carbons (Fsp3) is 0.846. The monoisotopic (exact) mass is 253 g/mol. The standard InChI is InChI=1S/C13H23N3O2/c1-2-5-12-14-13(18-15-12)10-16-8-3-6-11(16)7-4-9-17/h11,17H,2-10H2,1H3. The third kappa shape index (κ3) is 3.53. The maximum absolute atomic E-state index is 8.91. The summed E-state index contributed by atoms with van der Waals surface area (Å²) in [4.78, 5) is 6.81. The molecule has 0 spiro atoms. The van der Waals surface area contributed by atoms with Crippen LogP contribution in [0.5, 0.6) is 0 Å². The van der Waals surface area contributed by atoms with E-state index >= 15 is 0 Å². The number of likely N-dealkylation sites (tertiary alicyclic amines) is 1. The Bertz CT molecular complexity index is 354. The van der Waals surface area contributed by atoms with Crippen molar-refractivity contribution in [2.75, 3.05) is 13.2 Å². The highest BCUT2D eigenvalue weighted by molar-refractivity contribution is 4.89. The molecule has 18 heavy (non-hydrogen) atoms. The van der Waals surface area contributed by atoms with Crippen LogP contribution in [-0.4, -0.2) is 39.3 Å². The highest BCUT2D eigenvalue weighted by Gasteiger charge is 2.25. The molecule has 5 nitrogen and oxygen atoms in total. The lowest BCUT2D eigenvalue weighted by Gasteiger charge is -2.22. The van der Waals surface area contributed by atoms with Crippen LogP contribution < -0.4 is 0 Å². The molecule has 1 aromatic rings. The van der Waals surface area contributed by atoms with Crippen molar-refractivity contribution in [3.05, 3.63) is 11.7 Å². The molecule has 1 aromatic heterocycles. The van der Waals surface area contributed by atoms with Gasteiger partial charge in [-0.15, -0.1) is 0 Å². The van der Waals surface area contributed by atoms with E-state index in [0.29, 0.717) is 6.04 Å². The molecule has 1 aliphatic heterocycles. The summed E-state index contributed by atoms with van der Waals surface area (Å²) in [6.07, 6.45) is 6.32. The summed E-state index contributed by atoms with van der Waals surface area (Å²) < 4.78 is 5.28. The number of rotatable bonds is 7. The normalized spacial score (nSPS) is 20.7. The van der Waals surface area contributed by atoms with Gasteiger partial charge in [-0.05, 0) is 38.6 Å². The van der Waals surface area contributed by atoms with Crippen LogP contribution in [0.15, 0.2) is 4.52 Å². The summed E-state index contributed by atoms with van der Waals surface area (Å²) in [5.74, 6) is 1.55. The van der Waals surface area contributed by atoms with Crippen molar-refractivity contribution in [2.45, 2.75) is 58.0 Å². The molecule has 1 N–H and O–H groups in total. The average molecular weight is 253 g/mol. The van der Waals surface area contributed by atoms with Crippen LogP contribution in [0.2, 0.25) is 0 Å². The van der Waals surface area contributed by atoms with Gasteiger partial charge in [-0.3, -0.25) is 4.90 Å². The van der Waals surface area contributed by atoms with Crippen molar-refractivity contribution in [1.29, 1.82) is 0 Å². The van der Waals surface area contributed by atoms with Crippen molar-refractivity contribution >= 4 is 0 Å². The predicted octanol–water partition coefficient (Wildman–Crippen LogP) is 1.76. The minimum atomic E-state index is 0.283. The third-order valence-corrected chi connectivity index (χ3v) is 3.52. The Balaban J connectivity index is 1.86. The number of hydrogen-bond donors (Lipinski definition) is 1. The minimum Gasteiger partial charge on any atom is -0.396 e. The van der Waals surface area contributed by atoms with Crippen molar-refractivity contribution in [3.8, 4) is 0 Å². The SMILES string of the molecule is CCCc1noc(CN2CCCC2CCCO)n1. The maximum atomic E-state index is 8.91. The zero-order chi connectivity index (χ0) is 12.8. The van der Waals surface area contributed by atoms with Gasteiger partial charge in [0.25, 0.3) is 0 Å². The summed E-state index contributed by atoms with van der Waals surface area (Å²) >= 11 is 0. The van der Waals surface area contributed by atoms with Crippen LogP contribution in [0.4, 0.5) is 0 Å². The minimum absolute atomic E-state index is 0.283. The molecule has 1 saturated heterocycles. The zero-order valence-electron chi connectivity index (χ0n) is 11.1. The lowest BCUT2D eigenvalue weighted by molar-refractivity contribution is 0.188. The Morgan fingerprint density at radius 3 is 3.17 bits per heavy atom. The molecule has 2 rings (SSSR count). The first-order valence-corrected chi connectivity index (χ1v) is 7.00.